The van der Waals surface area contributed by atoms with Crippen molar-refractivity contribution in [3.63, 3.8) is 0 Å². The number of ether oxygens (including phenoxy) is 3. The fraction of sp³-hybridized carbons (Fsp3) is 0.318. The van der Waals surface area contributed by atoms with Crippen molar-refractivity contribution < 1.29 is 19.0 Å². The SMILES string of the molecule is CCO/C=C/C(OCC)=C(/Cc1cccc2ccccc12)C(=O)OCC. The lowest BCUT2D eigenvalue weighted by Gasteiger charge is -2.14. The van der Waals surface area contributed by atoms with Gasteiger partial charge in [-0.15, -0.1) is 0 Å². The quantitative estimate of drug-likeness (QED) is 0.281. The van der Waals surface area contributed by atoms with Crippen molar-refractivity contribution >= 4 is 16.7 Å². The zero-order chi connectivity index (χ0) is 18.8. The van der Waals surface area contributed by atoms with E-state index in [1.165, 1.54) is 0 Å². The molecule has 0 aromatic heterocycles. The van der Waals surface area contributed by atoms with E-state index in [9.17, 15) is 4.79 Å². The number of carbonyl (C=O) groups is 1. The van der Waals surface area contributed by atoms with Crippen molar-refractivity contribution in [3.8, 4) is 0 Å². The number of hydrogen-bond donors (Lipinski definition) is 0. The number of esters is 1. The highest BCUT2D eigenvalue weighted by molar-refractivity contribution is 5.92. The minimum atomic E-state index is -0.370. The summed E-state index contributed by atoms with van der Waals surface area (Å²) in [6, 6.07) is 14.2. The summed E-state index contributed by atoms with van der Waals surface area (Å²) >= 11 is 0. The Balaban J connectivity index is 2.48. The Hall–Kier alpha value is -2.75. The van der Waals surface area contributed by atoms with Gasteiger partial charge in [-0.3, -0.25) is 0 Å². The van der Waals surface area contributed by atoms with Crippen LogP contribution >= 0.6 is 0 Å². The molecule has 26 heavy (non-hydrogen) atoms. The van der Waals surface area contributed by atoms with Gasteiger partial charge in [0, 0.05) is 12.5 Å². The maximum absolute atomic E-state index is 12.6. The van der Waals surface area contributed by atoms with Crippen LogP contribution in [0.5, 0.6) is 0 Å². The van der Waals surface area contributed by atoms with Gasteiger partial charge in [-0.25, -0.2) is 4.79 Å². The Labute approximate surface area is 155 Å². The largest absolute Gasteiger partial charge is 0.501 e. The molecule has 4 nitrogen and oxygen atoms in total. The Morgan fingerprint density at radius 1 is 0.923 bits per heavy atom. The number of hydrogen-bond acceptors (Lipinski definition) is 4. The molecule has 2 aromatic rings. The van der Waals surface area contributed by atoms with Crippen LogP contribution in [0.25, 0.3) is 10.8 Å². The van der Waals surface area contributed by atoms with Crippen LogP contribution in [0.1, 0.15) is 26.3 Å². The molecule has 0 unspecified atom stereocenters. The van der Waals surface area contributed by atoms with E-state index in [-0.39, 0.29) is 5.97 Å². The molecule has 0 radical (unpaired) electrons. The molecule has 0 N–H and O–H groups in total. The molecule has 2 rings (SSSR count). The van der Waals surface area contributed by atoms with Crippen LogP contribution in [-0.2, 0) is 25.4 Å². The van der Waals surface area contributed by atoms with Gasteiger partial charge in [0.1, 0.15) is 5.76 Å². The fourth-order valence-corrected chi connectivity index (χ4v) is 2.71. The number of benzene rings is 2. The van der Waals surface area contributed by atoms with Crippen LogP contribution in [-0.4, -0.2) is 25.8 Å². The Kier molecular flexibility index (Phi) is 7.75. The van der Waals surface area contributed by atoms with Crippen molar-refractivity contribution in [2.75, 3.05) is 19.8 Å². The summed E-state index contributed by atoms with van der Waals surface area (Å²) in [5.41, 5.74) is 1.54. The summed E-state index contributed by atoms with van der Waals surface area (Å²) in [6.45, 7) is 6.89. The highest BCUT2D eigenvalue weighted by Gasteiger charge is 2.18. The van der Waals surface area contributed by atoms with Gasteiger partial charge in [0.05, 0.1) is 31.7 Å². The highest BCUT2D eigenvalue weighted by Crippen LogP contribution is 2.24. The molecule has 0 saturated heterocycles. The molecular formula is C22H26O4. The Bertz CT molecular complexity index is 784. The maximum atomic E-state index is 12.6. The fourth-order valence-electron chi connectivity index (χ4n) is 2.71. The molecule has 138 valence electrons. The lowest BCUT2D eigenvalue weighted by molar-refractivity contribution is -0.138. The van der Waals surface area contributed by atoms with Crippen LogP contribution < -0.4 is 0 Å². The monoisotopic (exact) mass is 354 g/mol. The first-order valence-corrected chi connectivity index (χ1v) is 8.99. The third kappa shape index (κ3) is 5.12. The summed E-state index contributed by atoms with van der Waals surface area (Å²) in [5.74, 6) is 0.109. The Morgan fingerprint density at radius 3 is 2.38 bits per heavy atom. The summed E-state index contributed by atoms with van der Waals surface area (Å²) in [5, 5.41) is 2.25. The predicted molar refractivity (Wildman–Crippen MR) is 104 cm³/mol. The normalized spacial score (nSPS) is 12.1. The van der Waals surface area contributed by atoms with E-state index in [1.54, 1.807) is 19.3 Å². The van der Waals surface area contributed by atoms with E-state index in [0.717, 1.165) is 16.3 Å². The second-order valence-corrected chi connectivity index (χ2v) is 5.57. The highest BCUT2D eigenvalue weighted by atomic mass is 16.5. The van der Waals surface area contributed by atoms with Crippen LogP contribution in [0.4, 0.5) is 0 Å². The van der Waals surface area contributed by atoms with Crippen molar-refractivity contribution in [1.82, 2.24) is 0 Å². The molecule has 0 aliphatic heterocycles. The molecule has 0 saturated carbocycles. The number of fused-ring (bicyclic) bond motifs is 1. The summed E-state index contributed by atoms with van der Waals surface area (Å²) in [6.07, 6.45) is 3.66. The second-order valence-electron chi connectivity index (χ2n) is 5.57. The number of carbonyl (C=O) groups excluding carboxylic acids is 1. The average Bonchev–Trinajstić information content (AvgIpc) is 2.66. The first-order chi connectivity index (χ1) is 12.7. The summed E-state index contributed by atoms with van der Waals surface area (Å²) in [4.78, 5) is 12.6. The van der Waals surface area contributed by atoms with Gasteiger partial charge in [-0.05, 0) is 37.1 Å². The van der Waals surface area contributed by atoms with Gasteiger partial charge in [0.25, 0.3) is 0 Å². The molecule has 0 amide bonds. The minimum Gasteiger partial charge on any atom is -0.501 e. The topological polar surface area (TPSA) is 44.8 Å². The molecule has 0 aliphatic rings. The van der Waals surface area contributed by atoms with E-state index in [2.05, 4.69) is 18.2 Å². The third-order valence-electron chi connectivity index (χ3n) is 3.85. The van der Waals surface area contributed by atoms with E-state index < -0.39 is 0 Å². The summed E-state index contributed by atoms with van der Waals surface area (Å²) in [7, 11) is 0. The zero-order valence-electron chi connectivity index (χ0n) is 15.7. The van der Waals surface area contributed by atoms with Gasteiger partial charge in [0.15, 0.2) is 0 Å². The van der Waals surface area contributed by atoms with Crippen molar-refractivity contribution in [2.45, 2.75) is 27.2 Å². The summed E-state index contributed by atoms with van der Waals surface area (Å²) < 4.78 is 16.3. The van der Waals surface area contributed by atoms with Crippen molar-refractivity contribution in [3.05, 3.63) is 71.7 Å². The molecule has 2 aromatic carbocycles. The van der Waals surface area contributed by atoms with Crippen LogP contribution in [0, 0.1) is 0 Å². The first-order valence-electron chi connectivity index (χ1n) is 8.99. The second kappa shape index (κ2) is 10.3. The van der Waals surface area contributed by atoms with Gasteiger partial charge in [0.2, 0.25) is 0 Å². The molecule has 0 spiro atoms. The van der Waals surface area contributed by atoms with E-state index >= 15 is 0 Å². The van der Waals surface area contributed by atoms with Gasteiger partial charge in [-0.1, -0.05) is 42.5 Å². The molecular weight excluding hydrogens is 328 g/mol. The smallest absolute Gasteiger partial charge is 0.338 e. The van der Waals surface area contributed by atoms with E-state index in [4.69, 9.17) is 14.2 Å². The van der Waals surface area contributed by atoms with Gasteiger partial charge >= 0.3 is 5.97 Å². The Morgan fingerprint density at radius 2 is 1.65 bits per heavy atom. The predicted octanol–water partition coefficient (Wildman–Crippen LogP) is 4.79. The molecule has 0 atom stereocenters. The van der Waals surface area contributed by atoms with Crippen LogP contribution in [0.15, 0.2) is 66.1 Å². The van der Waals surface area contributed by atoms with Crippen molar-refractivity contribution in [2.24, 2.45) is 0 Å². The molecule has 4 heteroatoms. The molecule has 0 fully saturated rings. The number of rotatable bonds is 9. The van der Waals surface area contributed by atoms with Crippen LogP contribution in [0.2, 0.25) is 0 Å². The van der Waals surface area contributed by atoms with Crippen LogP contribution in [0.3, 0.4) is 0 Å². The average molecular weight is 354 g/mol. The van der Waals surface area contributed by atoms with Gasteiger partial charge in [-0.2, -0.15) is 0 Å². The zero-order valence-corrected chi connectivity index (χ0v) is 15.7. The third-order valence-corrected chi connectivity index (χ3v) is 3.85. The lowest BCUT2D eigenvalue weighted by atomic mass is 9.97. The van der Waals surface area contributed by atoms with Gasteiger partial charge < -0.3 is 14.2 Å². The molecule has 0 bridgehead atoms. The number of allylic oxidation sites excluding steroid dienone is 1. The van der Waals surface area contributed by atoms with E-state index in [0.29, 0.717) is 37.6 Å². The van der Waals surface area contributed by atoms with E-state index in [1.807, 2.05) is 38.1 Å². The minimum absolute atomic E-state index is 0.312. The molecule has 0 heterocycles. The lowest BCUT2D eigenvalue weighted by Crippen LogP contribution is -2.14. The maximum Gasteiger partial charge on any atom is 0.338 e. The first kappa shape index (κ1) is 19.6. The standard InChI is InChI=1S/C22H26O4/c1-4-24-15-14-21(25-5-2)20(22(23)26-6-3)16-18-12-9-11-17-10-7-8-13-19(17)18/h7-15H,4-6,16H2,1-3H3/b15-14+,21-20+. The van der Waals surface area contributed by atoms with Crippen molar-refractivity contribution in [1.29, 1.82) is 0 Å². The molecule has 0 aliphatic carbocycles.